The van der Waals surface area contributed by atoms with Crippen LogP contribution in [0, 0.1) is 11.3 Å². The number of halogens is 1. The lowest BCUT2D eigenvalue weighted by Gasteiger charge is -2.25. The van der Waals surface area contributed by atoms with E-state index in [4.69, 9.17) is 5.26 Å². The van der Waals surface area contributed by atoms with Gasteiger partial charge in [-0.25, -0.2) is 4.98 Å². The fourth-order valence-electron chi connectivity index (χ4n) is 1.86. The lowest BCUT2D eigenvalue weighted by atomic mass is 10.1. The van der Waals surface area contributed by atoms with Crippen LogP contribution in [0.4, 0.5) is 5.82 Å². The topological polar surface area (TPSA) is 73.6 Å². The lowest BCUT2D eigenvalue weighted by molar-refractivity contribution is 0.850. The van der Waals surface area contributed by atoms with Gasteiger partial charge >= 0.3 is 0 Å². The second-order valence-electron chi connectivity index (χ2n) is 4.28. The molecule has 2 aromatic rings. The van der Waals surface area contributed by atoms with Crippen LogP contribution < -0.4 is 10.6 Å². The van der Waals surface area contributed by atoms with Gasteiger partial charge in [-0.3, -0.25) is 4.98 Å². The molecule has 7 heteroatoms. The van der Waals surface area contributed by atoms with E-state index in [1.807, 2.05) is 23.6 Å². The quantitative estimate of drug-likeness (QED) is 0.647. The van der Waals surface area contributed by atoms with Crippen molar-refractivity contribution < 1.29 is 0 Å². The molecule has 0 bridgehead atoms. The molecule has 104 valence electrons. The Morgan fingerprint density at radius 2 is 2.29 bits per heavy atom. The maximum Gasteiger partial charge on any atom is 0.220 e. The first-order valence-electron chi connectivity index (χ1n) is 6.08. The number of nitriles is 1. The summed E-state index contributed by atoms with van der Waals surface area (Å²) in [4.78, 5) is 8.21. The van der Waals surface area contributed by atoms with Crippen LogP contribution in [0.15, 0.2) is 48.3 Å². The number of thioether (sulfide) groups is 1. The molecule has 0 amide bonds. The van der Waals surface area contributed by atoms with Gasteiger partial charge in [0.25, 0.3) is 0 Å². The number of rotatable bonds is 3. The first kappa shape index (κ1) is 13.9. The Labute approximate surface area is 134 Å². The van der Waals surface area contributed by atoms with Gasteiger partial charge in [0.2, 0.25) is 3.90 Å². The Balaban J connectivity index is 1.76. The largest absolute Gasteiger partial charge is 0.344 e. The van der Waals surface area contributed by atoms with Gasteiger partial charge in [0, 0.05) is 12.4 Å². The predicted molar refractivity (Wildman–Crippen MR) is 87.2 cm³/mol. The van der Waals surface area contributed by atoms with Gasteiger partial charge in [0.05, 0.1) is 23.5 Å². The summed E-state index contributed by atoms with van der Waals surface area (Å²) in [6, 6.07) is 9.60. The third kappa shape index (κ3) is 3.17. The van der Waals surface area contributed by atoms with Crippen molar-refractivity contribution in [2.24, 2.45) is 0 Å². The van der Waals surface area contributed by atoms with E-state index in [1.54, 1.807) is 24.7 Å². The minimum absolute atomic E-state index is 0.582. The Morgan fingerprint density at radius 1 is 1.38 bits per heavy atom. The highest BCUT2D eigenvalue weighted by atomic mass is 79.9. The summed E-state index contributed by atoms with van der Waals surface area (Å²) in [5, 5.41) is 17.5. The molecule has 3 rings (SSSR count). The molecular weight excluding hydrogens is 350 g/mol. The first-order chi connectivity index (χ1) is 10.2. The summed E-state index contributed by atoms with van der Waals surface area (Å²) in [7, 11) is 0. The fraction of sp³-hybridized carbons (Fsp3) is 0.0714. The van der Waals surface area contributed by atoms with Gasteiger partial charge in [-0.15, -0.1) is 0 Å². The van der Waals surface area contributed by atoms with Crippen molar-refractivity contribution in [3.05, 3.63) is 59.4 Å². The summed E-state index contributed by atoms with van der Waals surface area (Å²) in [5.41, 5.74) is 2.53. The van der Waals surface area contributed by atoms with Crippen molar-refractivity contribution in [2.45, 2.75) is 3.90 Å². The molecule has 1 atom stereocenters. The predicted octanol–water partition coefficient (Wildman–Crippen LogP) is 3.10. The van der Waals surface area contributed by atoms with Crippen molar-refractivity contribution in [3.63, 3.8) is 0 Å². The Bertz CT molecular complexity index is 728. The molecule has 2 N–H and O–H groups in total. The van der Waals surface area contributed by atoms with E-state index in [9.17, 15) is 0 Å². The zero-order chi connectivity index (χ0) is 14.7. The third-order valence-corrected chi connectivity index (χ3v) is 4.63. The molecule has 1 aliphatic rings. The van der Waals surface area contributed by atoms with E-state index >= 15 is 0 Å². The molecule has 0 aliphatic carbocycles. The number of benzene rings is 1. The number of hydrogen-bond acceptors (Lipinski definition) is 6. The number of nitrogens with zero attached hydrogens (tertiary/aromatic N) is 3. The number of anilines is 1. The van der Waals surface area contributed by atoms with E-state index in [0.717, 1.165) is 11.3 Å². The van der Waals surface area contributed by atoms with Crippen molar-refractivity contribution in [1.82, 2.24) is 15.3 Å². The SMILES string of the molecule is N#Cc1cccc(C2=CS[C@@](Br)(Nc3cnccn3)N2)c1. The van der Waals surface area contributed by atoms with Gasteiger partial charge in [0.1, 0.15) is 5.82 Å². The fourth-order valence-corrected chi connectivity index (χ4v) is 3.36. The second kappa shape index (κ2) is 5.76. The van der Waals surface area contributed by atoms with Gasteiger partial charge in [0.15, 0.2) is 0 Å². The highest BCUT2D eigenvalue weighted by Crippen LogP contribution is 2.40. The zero-order valence-electron chi connectivity index (χ0n) is 10.7. The Hall–Kier alpha value is -2.04. The molecule has 0 saturated heterocycles. The normalized spacial score (nSPS) is 20.3. The summed E-state index contributed by atoms with van der Waals surface area (Å²) in [5.74, 6) is 0.662. The standard InChI is InChI=1S/C14H10BrN5S/c15-14(20-13-8-17-4-5-18-13)19-12(9-21-14)11-3-1-2-10(6-11)7-16/h1-6,8-9,19H,(H,18,20)/t14-/m1/s1. The van der Waals surface area contributed by atoms with Crippen LogP contribution in [0.1, 0.15) is 11.1 Å². The highest BCUT2D eigenvalue weighted by molar-refractivity contribution is 9.12. The highest BCUT2D eigenvalue weighted by Gasteiger charge is 2.33. The number of nitrogens with one attached hydrogen (secondary N) is 2. The molecule has 0 radical (unpaired) electrons. The molecular formula is C14H10BrN5S. The monoisotopic (exact) mass is 359 g/mol. The minimum atomic E-state index is -0.582. The summed E-state index contributed by atoms with van der Waals surface area (Å²) >= 11 is 5.15. The van der Waals surface area contributed by atoms with Crippen LogP contribution in [0.25, 0.3) is 5.70 Å². The van der Waals surface area contributed by atoms with E-state index in [-0.39, 0.29) is 0 Å². The van der Waals surface area contributed by atoms with Gasteiger partial charge in [-0.2, -0.15) is 5.26 Å². The van der Waals surface area contributed by atoms with E-state index in [0.29, 0.717) is 11.4 Å². The molecule has 21 heavy (non-hydrogen) atoms. The Kier molecular flexibility index (Phi) is 3.82. The van der Waals surface area contributed by atoms with E-state index in [1.165, 1.54) is 11.8 Å². The van der Waals surface area contributed by atoms with E-state index < -0.39 is 3.90 Å². The van der Waals surface area contributed by atoms with Crippen LogP contribution in [0.5, 0.6) is 0 Å². The van der Waals surface area contributed by atoms with Crippen molar-refractivity contribution in [2.75, 3.05) is 5.32 Å². The number of alkyl halides is 1. The first-order valence-corrected chi connectivity index (χ1v) is 7.76. The summed E-state index contributed by atoms with van der Waals surface area (Å²) < 4.78 is -0.582. The van der Waals surface area contributed by atoms with Gasteiger partial charge in [-0.1, -0.05) is 23.9 Å². The minimum Gasteiger partial charge on any atom is -0.344 e. The van der Waals surface area contributed by atoms with Gasteiger partial charge in [-0.05, 0) is 39.0 Å². The zero-order valence-corrected chi connectivity index (χ0v) is 13.1. The van der Waals surface area contributed by atoms with Crippen molar-refractivity contribution in [1.29, 1.82) is 5.26 Å². The Morgan fingerprint density at radius 3 is 3.05 bits per heavy atom. The third-order valence-electron chi connectivity index (χ3n) is 2.79. The van der Waals surface area contributed by atoms with Crippen molar-refractivity contribution in [3.8, 4) is 6.07 Å². The molecule has 1 aromatic carbocycles. The lowest BCUT2D eigenvalue weighted by Crippen LogP contribution is -2.39. The van der Waals surface area contributed by atoms with Crippen LogP contribution in [0.3, 0.4) is 0 Å². The summed E-state index contributed by atoms with van der Waals surface area (Å²) in [6.45, 7) is 0. The molecule has 0 unspecified atom stereocenters. The number of hydrogen-bond donors (Lipinski definition) is 2. The molecule has 0 fully saturated rings. The maximum absolute atomic E-state index is 8.97. The molecule has 0 saturated carbocycles. The molecule has 0 spiro atoms. The summed E-state index contributed by atoms with van der Waals surface area (Å²) in [6.07, 6.45) is 4.90. The smallest absolute Gasteiger partial charge is 0.220 e. The molecule has 1 aliphatic heterocycles. The van der Waals surface area contributed by atoms with Crippen LogP contribution >= 0.6 is 27.7 Å². The van der Waals surface area contributed by atoms with Gasteiger partial charge < -0.3 is 10.6 Å². The molecule has 1 aromatic heterocycles. The number of aromatic nitrogens is 2. The van der Waals surface area contributed by atoms with Crippen molar-refractivity contribution >= 4 is 39.2 Å². The van der Waals surface area contributed by atoms with Crippen LogP contribution in [-0.4, -0.2) is 13.9 Å². The molecule has 5 nitrogen and oxygen atoms in total. The molecule has 2 heterocycles. The van der Waals surface area contributed by atoms with E-state index in [2.05, 4.69) is 42.6 Å². The second-order valence-corrected chi connectivity index (χ2v) is 7.08. The average Bonchev–Trinajstić information content (AvgIpc) is 2.90. The average molecular weight is 360 g/mol. The maximum atomic E-state index is 8.97. The van der Waals surface area contributed by atoms with Crippen LogP contribution in [0.2, 0.25) is 0 Å². The van der Waals surface area contributed by atoms with Crippen LogP contribution in [-0.2, 0) is 0 Å².